The summed E-state index contributed by atoms with van der Waals surface area (Å²) in [5, 5.41) is 0.171. The molecule has 0 aliphatic heterocycles. The number of aromatic nitrogens is 1. The van der Waals surface area contributed by atoms with Gasteiger partial charge in [0.2, 0.25) is 0 Å². The van der Waals surface area contributed by atoms with E-state index < -0.39 is 10.0 Å². The van der Waals surface area contributed by atoms with Gasteiger partial charge >= 0.3 is 0 Å². The van der Waals surface area contributed by atoms with Crippen molar-refractivity contribution in [3.05, 3.63) is 37.7 Å². The third-order valence-corrected chi connectivity index (χ3v) is 6.65. The normalized spacial score (nSPS) is 11.4. The Bertz CT molecular complexity index is 816. The van der Waals surface area contributed by atoms with Crippen molar-refractivity contribution < 1.29 is 13.2 Å². The summed E-state index contributed by atoms with van der Waals surface area (Å²) >= 11 is 7.47. The lowest BCUT2D eigenvalue weighted by Gasteiger charge is -2.07. The molecule has 0 aliphatic carbocycles. The summed E-state index contributed by atoms with van der Waals surface area (Å²) in [7, 11) is -3.79. The summed E-state index contributed by atoms with van der Waals surface area (Å²) in [5.41, 5.74) is 0.513. The Morgan fingerprint density at radius 2 is 2.00 bits per heavy atom. The average molecular weight is 454 g/mol. The van der Waals surface area contributed by atoms with E-state index in [0.29, 0.717) is 19.5 Å². The van der Waals surface area contributed by atoms with Gasteiger partial charge < -0.3 is 0 Å². The van der Waals surface area contributed by atoms with Crippen LogP contribution in [-0.2, 0) is 10.0 Å². The molecule has 0 amide bonds. The van der Waals surface area contributed by atoms with E-state index in [2.05, 4.69) is 41.6 Å². The number of thiazole rings is 1. The van der Waals surface area contributed by atoms with Crippen LogP contribution in [0.15, 0.2) is 32.0 Å². The number of nitrogens with one attached hydrogen (secondary N) is 1. The molecule has 0 saturated heterocycles. The van der Waals surface area contributed by atoms with Crippen molar-refractivity contribution in [1.29, 1.82) is 0 Å². The molecule has 0 spiro atoms. The monoisotopic (exact) mass is 452 g/mol. The molecular weight excluding hydrogens is 444 g/mol. The summed E-state index contributed by atoms with van der Waals surface area (Å²) in [5.74, 6) is -0.140. The summed E-state index contributed by atoms with van der Waals surface area (Å²) in [6.45, 7) is 3.09. The molecule has 1 aromatic heterocycles. The predicted octanol–water partition coefficient (Wildman–Crippen LogP) is 3.98. The number of hydrogen-bond donors (Lipinski definition) is 1. The summed E-state index contributed by atoms with van der Waals surface area (Å²) < 4.78 is 28.3. The minimum Gasteiger partial charge on any atom is -0.294 e. The zero-order chi connectivity index (χ0) is 15.8. The number of carbonyl (C=O) groups is 1. The molecule has 0 radical (unpaired) electrons. The van der Waals surface area contributed by atoms with E-state index in [1.165, 1.54) is 13.0 Å². The summed E-state index contributed by atoms with van der Waals surface area (Å²) in [6.07, 6.45) is 0. The first-order valence-corrected chi connectivity index (χ1v) is 9.55. The Morgan fingerprint density at radius 3 is 2.57 bits per heavy atom. The fourth-order valence-electron chi connectivity index (χ4n) is 1.62. The second kappa shape index (κ2) is 6.15. The molecule has 2 rings (SSSR count). The van der Waals surface area contributed by atoms with Gasteiger partial charge in [-0.15, -0.1) is 0 Å². The summed E-state index contributed by atoms with van der Waals surface area (Å²) in [6, 6.07) is 4.84. The highest BCUT2D eigenvalue weighted by atomic mass is 79.9. The second-order valence-electron chi connectivity index (χ2n) is 4.17. The van der Waals surface area contributed by atoms with Gasteiger partial charge in [0.25, 0.3) is 10.0 Å². The van der Waals surface area contributed by atoms with E-state index in [-0.39, 0.29) is 15.8 Å². The van der Waals surface area contributed by atoms with Crippen LogP contribution in [-0.4, -0.2) is 19.2 Å². The van der Waals surface area contributed by atoms with Crippen LogP contribution in [0.4, 0.5) is 5.13 Å². The van der Waals surface area contributed by atoms with E-state index in [0.717, 1.165) is 11.3 Å². The van der Waals surface area contributed by atoms with Gasteiger partial charge in [-0.3, -0.25) is 9.52 Å². The van der Waals surface area contributed by atoms with E-state index in [1.54, 1.807) is 19.1 Å². The lowest BCUT2D eigenvalue weighted by Crippen LogP contribution is -2.13. The zero-order valence-corrected chi connectivity index (χ0v) is 15.8. The van der Waals surface area contributed by atoms with Gasteiger partial charge in [0, 0.05) is 15.9 Å². The maximum atomic E-state index is 12.4. The largest absolute Gasteiger partial charge is 0.294 e. The highest BCUT2D eigenvalue weighted by molar-refractivity contribution is 9.11. The molecule has 9 heteroatoms. The minimum absolute atomic E-state index is 0.0918. The molecule has 1 heterocycles. The van der Waals surface area contributed by atoms with Crippen LogP contribution in [0.1, 0.15) is 22.3 Å². The van der Waals surface area contributed by atoms with Crippen molar-refractivity contribution in [2.45, 2.75) is 18.7 Å². The van der Waals surface area contributed by atoms with Crippen LogP contribution < -0.4 is 4.72 Å². The number of aryl methyl sites for hydroxylation is 1. The number of ketones is 1. The van der Waals surface area contributed by atoms with E-state index in [9.17, 15) is 13.2 Å². The van der Waals surface area contributed by atoms with Crippen LogP contribution in [0.25, 0.3) is 0 Å². The van der Waals surface area contributed by atoms with Gasteiger partial charge in [0.05, 0.1) is 10.6 Å². The number of rotatable bonds is 4. The number of Topliss-reactive ketones (excluding diaryl/α,β-unsaturated/α-hetero) is 1. The fraction of sp³-hybridized carbons (Fsp3) is 0.167. The van der Waals surface area contributed by atoms with Crippen LogP contribution in [0, 0.1) is 6.92 Å². The van der Waals surface area contributed by atoms with Gasteiger partial charge in [-0.25, -0.2) is 13.4 Å². The first kappa shape index (κ1) is 16.6. The molecule has 0 fully saturated rings. The number of hydrogen-bond acceptors (Lipinski definition) is 5. The molecule has 0 bridgehead atoms. The molecular formula is C12H10Br2N2O3S2. The third kappa shape index (κ3) is 3.71. The van der Waals surface area contributed by atoms with E-state index in [1.807, 2.05) is 0 Å². The Labute approximate surface area is 143 Å². The number of benzene rings is 1. The highest BCUT2D eigenvalue weighted by Crippen LogP contribution is 2.29. The van der Waals surface area contributed by atoms with Crippen molar-refractivity contribution in [2.24, 2.45) is 0 Å². The number of sulfonamides is 1. The number of halogens is 2. The first-order valence-electron chi connectivity index (χ1n) is 5.67. The Kier molecular flexibility index (Phi) is 4.86. The molecule has 1 aromatic carbocycles. The fourth-order valence-corrected chi connectivity index (χ4v) is 5.22. The molecule has 5 nitrogen and oxygen atoms in total. The second-order valence-corrected chi connectivity index (χ2v) is 8.59. The zero-order valence-electron chi connectivity index (χ0n) is 11.0. The van der Waals surface area contributed by atoms with Gasteiger partial charge in [-0.1, -0.05) is 27.3 Å². The Balaban J connectivity index is 2.40. The molecule has 21 heavy (non-hydrogen) atoms. The van der Waals surface area contributed by atoms with Crippen LogP contribution in [0.5, 0.6) is 0 Å². The molecule has 1 N–H and O–H groups in total. The lowest BCUT2D eigenvalue weighted by molar-refractivity contribution is 0.102. The van der Waals surface area contributed by atoms with Crippen LogP contribution >= 0.6 is 43.2 Å². The summed E-state index contributed by atoms with van der Waals surface area (Å²) in [4.78, 5) is 16.0. The van der Waals surface area contributed by atoms with Crippen molar-refractivity contribution in [3.8, 4) is 0 Å². The first-order chi connectivity index (χ1) is 9.70. The van der Waals surface area contributed by atoms with Gasteiger partial charge in [-0.05, 0) is 41.1 Å². The number of nitrogens with zero attached hydrogens (tertiary/aromatic N) is 1. The topological polar surface area (TPSA) is 76.1 Å². The molecule has 0 atom stereocenters. The highest BCUT2D eigenvalue weighted by Gasteiger charge is 2.21. The molecule has 112 valence electrons. The minimum atomic E-state index is -3.79. The Morgan fingerprint density at radius 1 is 1.33 bits per heavy atom. The molecule has 2 aromatic rings. The van der Waals surface area contributed by atoms with Crippen molar-refractivity contribution in [3.63, 3.8) is 0 Å². The van der Waals surface area contributed by atoms with E-state index >= 15 is 0 Å². The lowest BCUT2D eigenvalue weighted by atomic mass is 10.3. The number of anilines is 1. The number of carbonyl (C=O) groups excluding carboxylic acids is 1. The maximum Gasteiger partial charge on any atom is 0.264 e. The van der Waals surface area contributed by atoms with Gasteiger partial charge in [-0.2, -0.15) is 0 Å². The molecule has 0 aliphatic rings. The van der Waals surface area contributed by atoms with Crippen LogP contribution in [0.2, 0.25) is 0 Å². The van der Waals surface area contributed by atoms with Crippen molar-refractivity contribution >= 4 is 64.1 Å². The third-order valence-electron chi connectivity index (χ3n) is 2.52. The maximum absolute atomic E-state index is 12.4. The van der Waals surface area contributed by atoms with Gasteiger partial charge in [0.1, 0.15) is 4.90 Å². The van der Waals surface area contributed by atoms with Crippen molar-refractivity contribution in [2.75, 3.05) is 4.72 Å². The molecule has 0 unspecified atom stereocenters. The standard InChI is InChI=1S/C12H10Br2N2O3S2/c1-6-11(7(2)17)20-12(15-6)16-21(18,19)10-5-8(13)3-4-9(10)14/h3-5H,1-2H3,(H,15,16). The van der Waals surface area contributed by atoms with Crippen LogP contribution in [0.3, 0.4) is 0 Å². The van der Waals surface area contributed by atoms with Crippen molar-refractivity contribution in [1.82, 2.24) is 4.98 Å². The SMILES string of the molecule is CC(=O)c1sc(NS(=O)(=O)c2cc(Br)ccc2Br)nc1C. The van der Waals surface area contributed by atoms with E-state index in [4.69, 9.17) is 0 Å². The predicted molar refractivity (Wildman–Crippen MR) is 89.5 cm³/mol. The smallest absolute Gasteiger partial charge is 0.264 e. The average Bonchev–Trinajstić information content (AvgIpc) is 2.72. The van der Waals surface area contributed by atoms with Gasteiger partial charge in [0.15, 0.2) is 10.9 Å². The quantitative estimate of drug-likeness (QED) is 0.710. The molecule has 0 saturated carbocycles. The Hall–Kier alpha value is -0.770.